The fraction of sp³-hybridized carbons (Fsp3) is 0.882. The topological polar surface area (TPSA) is 0 Å². The first kappa shape index (κ1) is 21.8. The first-order valence-electron chi connectivity index (χ1n) is 7.59. The molecule has 0 aliphatic heterocycles. The molecule has 1 aliphatic rings. The van der Waals surface area contributed by atoms with Crippen molar-refractivity contribution in [1.82, 2.24) is 0 Å². The zero-order chi connectivity index (χ0) is 14.1. The van der Waals surface area contributed by atoms with Crippen molar-refractivity contribution >= 4 is 0 Å². The van der Waals surface area contributed by atoms with Crippen LogP contribution in [-0.2, 0) is 0 Å². The van der Waals surface area contributed by atoms with Gasteiger partial charge in [-0.25, -0.2) is 0 Å². The van der Waals surface area contributed by atoms with Crippen LogP contribution in [0.5, 0.6) is 0 Å². The summed E-state index contributed by atoms with van der Waals surface area (Å²) in [7, 11) is 0. The number of rotatable bonds is 2. The van der Waals surface area contributed by atoms with Gasteiger partial charge in [0.1, 0.15) is 0 Å². The van der Waals surface area contributed by atoms with Crippen LogP contribution in [0, 0.1) is 24.7 Å². The van der Waals surface area contributed by atoms with Crippen LogP contribution in [0.2, 0.25) is 0 Å². The second-order valence-corrected chi connectivity index (χ2v) is 4.52. The number of hydrogen-bond acceptors (Lipinski definition) is 0. The summed E-state index contributed by atoms with van der Waals surface area (Å²) in [5.74, 6) is 2.09. The van der Waals surface area contributed by atoms with E-state index in [0.29, 0.717) is 0 Å². The molecule has 0 aromatic carbocycles. The molecule has 0 saturated heterocycles. The third-order valence-electron chi connectivity index (χ3n) is 2.95. The summed E-state index contributed by atoms with van der Waals surface area (Å²) >= 11 is 0. The summed E-state index contributed by atoms with van der Waals surface area (Å²) < 4.78 is 0. The second-order valence-electron chi connectivity index (χ2n) is 4.52. The Hall–Kier alpha value is -0.440. The van der Waals surface area contributed by atoms with Gasteiger partial charge in [0.05, 0.1) is 0 Å². The van der Waals surface area contributed by atoms with Crippen LogP contribution < -0.4 is 0 Å². The Labute approximate surface area is 112 Å². The lowest BCUT2D eigenvalue weighted by atomic mass is 9.78. The van der Waals surface area contributed by atoms with Crippen LogP contribution in [0.15, 0.2) is 0 Å². The predicted molar refractivity (Wildman–Crippen MR) is 83.2 cm³/mol. The Morgan fingerprint density at radius 3 is 1.71 bits per heavy atom. The predicted octanol–water partition coefficient (Wildman–Crippen LogP) is 6.30. The number of terminal acetylenes is 1. The molecule has 2 atom stereocenters. The summed E-state index contributed by atoms with van der Waals surface area (Å²) in [6.45, 7) is 13.0. The molecule has 0 amide bonds. The van der Waals surface area contributed by atoms with E-state index in [1.165, 1.54) is 44.9 Å². The Balaban J connectivity index is -0.000000239. The minimum atomic E-state index is 1.02. The lowest BCUT2D eigenvalue weighted by Gasteiger charge is -2.28. The molecular formula is C17H36. The van der Waals surface area contributed by atoms with Crippen LogP contribution in [0.4, 0.5) is 0 Å². The Bertz CT molecular complexity index is 121. The zero-order valence-corrected chi connectivity index (χ0v) is 13.3. The second kappa shape index (κ2) is 20.9. The van der Waals surface area contributed by atoms with E-state index in [-0.39, 0.29) is 0 Å². The molecule has 0 bridgehead atoms. The first-order chi connectivity index (χ1) is 8.26. The molecule has 0 spiro atoms. The van der Waals surface area contributed by atoms with E-state index in [4.69, 9.17) is 0 Å². The fourth-order valence-electron chi connectivity index (χ4n) is 2.19. The molecular weight excluding hydrogens is 204 g/mol. The highest BCUT2D eigenvalue weighted by Gasteiger charge is 2.19. The van der Waals surface area contributed by atoms with Crippen molar-refractivity contribution in [3.05, 3.63) is 0 Å². The highest BCUT2D eigenvalue weighted by atomic mass is 14.2. The van der Waals surface area contributed by atoms with E-state index >= 15 is 0 Å². The average Bonchev–Trinajstić information content (AvgIpc) is 2.38. The quantitative estimate of drug-likeness (QED) is 0.496. The van der Waals surface area contributed by atoms with Gasteiger partial charge in [-0.05, 0) is 11.8 Å². The first-order valence-corrected chi connectivity index (χ1v) is 7.59. The maximum atomic E-state index is 4.00. The van der Waals surface area contributed by atoms with Gasteiger partial charge in [-0.2, -0.15) is 0 Å². The molecule has 0 heterocycles. The minimum Gasteiger partial charge on any atom is -0.124 e. The van der Waals surface area contributed by atoms with Crippen molar-refractivity contribution in [3.63, 3.8) is 0 Å². The Morgan fingerprint density at radius 1 is 0.941 bits per heavy atom. The molecule has 2 unspecified atom stereocenters. The van der Waals surface area contributed by atoms with E-state index < -0.39 is 0 Å². The van der Waals surface area contributed by atoms with Gasteiger partial charge < -0.3 is 0 Å². The highest BCUT2D eigenvalue weighted by Crippen LogP contribution is 2.32. The average molecular weight is 240 g/mol. The van der Waals surface area contributed by atoms with Gasteiger partial charge in [-0.15, -0.1) is 12.8 Å². The van der Waals surface area contributed by atoms with Gasteiger partial charge in [0.2, 0.25) is 0 Å². The molecule has 0 aromatic heterocycles. The molecule has 0 nitrogen and oxygen atoms in total. The maximum absolute atomic E-state index is 4.00. The molecule has 17 heavy (non-hydrogen) atoms. The molecule has 1 fully saturated rings. The van der Waals surface area contributed by atoms with E-state index in [1.54, 1.807) is 0 Å². The van der Waals surface area contributed by atoms with Gasteiger partial charge in [-0.3, -0.25) is 0 Å². The molecule has 1 rings (SSSR count). The van der Waals surface area contributed by atoms with E-state index in [2.05, 4.69) is 40.5 Å². The van der Waals surface area contributed by atoms with E-state index in [9.17, 15) is 0 Å². The normalized spacial score (nSPS) is 21.6. The maximum Gasteiger partial charge on any atom is -0.0389 e. The van der Waals surface area contributed by atoms with Crippen molar-refractivity contribution in [1.29, 1.82) is 0 Å². The minimum absolute atomic E-state index is 1.02. The zero-order valence-electron chi connectivity index (χ0n) is 13.3. The van der Waals surface area contributed by atoms with Crippen molar-refractivity contribution in [2.24, 2.45) is 11.8 Å². The summed E-state index contributed by atoms with van der Waals surface area (Å²) in [4.78, 5) is 0. The molecule has 0 aromatic rings. The van der Waals surface area contributed by atoms with Crippen molar-refractivity contribution in [2.75, 3.05) is 0 Å². The largest absolute Gasteiger partial charge is 0.124 e. The smallest absolute Gasteiger partial charge is 0.0389 e. The fourth-order valence-corrected chi connectivity index (χ4v) is 2.19. The van der Waals surface area contributed by atoms with Gasteiger partial charge >= 0.3 is 0 Å². The standard InChI is InChI=1S/C10H20.C3H8.C2H6.C2H2/c1-3-6-10-8-5-4-7-9(10)2;1-3-2;2*1-2/h9-10H,3-8H2,1-2H3;3H2,1-2H3;1-2H3;1-2H. The van der Waals surface area contributed by atoms with E-state index in [0.717, 1.165) is 11.8 Å². The third-order valence-corrected chi connectivity index (χ3v) is 2.95. The molecule has 1 saturated carbocycles. The molecule has 0 radical (unpaired) electrons. The Kier molecular flexibility index (Phi) is 26.8. The monoisotopic (exact) mass is 240 g/mol. The van der Waals surface area contributed by atoms with Crippen molar-refractivity contribution < 1.29 is 0 Å². The van der Waals surface area contributed by atoms with Crippen LogP contribution in [0.1, 0.15) is 86.5 Å². The van der Waals surface area contributed by atoms with Crippen molar-refractivity contribution in [2.45, 2.75) is 86.5 Å². The summed E-state index contributed by atoms with van der Waals surface area (Å²) in [5, 5.41) is 0. The van der Waals surface area contributed by atoms with Crippen LogP contribution >= 0.6 is 0 Å². The van der Waals surface area contributed by atoms with Gasteiger partial charge in [0.15, 0.2) is 0 Å². The van der Waals surface area contributed by atoms with Crippen LogP contribution in [0.3, 0.4) is 0 Å². The molecule has 1 aliphatic carbocycles. The summed E-state index contributed by atoms with van der Waals surface area (Å²) in [6, 6.07) is 0. The lowest BCUT2D eigenvalue weighted by molar-refractivity contribution is 0.240. The van der Waals surface area contributed by atoms with Gasteiger partial charge in [0, 0.05) is 0 Å². The summed E-state index contributed by atoms with van der Waals surface area (Å²) in [5.41, 5.74) is 0. The Morgan fingerprint density at radius 2 is 1.35 bits per heavy atom. The van der Waals surface area contributed by atoms with Crippen molar-refractivity contribution in [3.8, 4) is 12.8 Å². The highest BCUT2D eigenvalue weighted by molar-refractivity contribution is 4.71. The SMILES string of the molecule is C#C.CC.CCC.CCCC1CCCCC1C. The lowest BCUT2D eigenvalue weighted by Crippen LogP contribution is -2.15. The number of hydrogen-bond donors (Lipinski definition) is 0. The molecule has 0 heteroatoms. The van der Waals surface area contributed by atoms with Crippen LogP contribution in [0.25, 0.3) is 0 Å². The van der Waals surface area contributed by atoms with E-state index in [1.807, 2.05) is 13.8 Å². The van der Waals surface area contributed by atoms with Gasteiger partial charge in [0.25, 0.3) is 0 Å². The van der Waals surface area contributed by atoms with Crippen LogP contribution in [-0.4, -0.2) is 0 Å². The van der Waals surface area contributed by atoms with Gasteiger partial charge in [-0.1, -0.05) is 86.5 Å². The molecule has 0 N–H and O–H groups in total. The summed E-state index contributed by atoms with van der Waals surface area (Å²) in [6.07, 6.45) is 18.1. The third kappa shape index (κ3) is 15.6. The molecule has 104 valence electrons.